The summed E-state index contributed by atoms with van der Waals surface area (Å²) in [6.45, 7) is 3.98. The van der Waals surface area contributed by atoms with Crippen LogP contribution >= 0.6 is 0 Å². The van der Waals surface area contributed by atoms with Crippen molar-refractivity contribution in [1.29, 1.82) is 0 Å². The number of ether oxygens (including phenoxy) is 1. The van der Waals surface area contributed by atoms with Gasteiger partial charge in [-0.1, -0.05) is 6.07 Å². The Kier molecular flexibility index (Phi) is 6.20. The molecule has 0 spiro atoms. The molecular weight excluding hydrogens is 476 g/mol. The smallest absolute Gasteiger partial charge is 0.255 e. The standard InChI is InChI=1S/C25H22N8O4/c1-3-33-20-12-21(27-13-19(20)30-24(33)22-23(26)32-37-31-22)36-18-6-4-5-15(11-18)25(35)29-17-9-7-16(8-10-17)28-14(2)34/h4-13H,3H2,1-2H3,(H2,26,32)(H,28,34)(H,29,35). The zero-order chi connectivity index (χ0) is 25.9. The molecule has 2 amide bonds. The second-order valence-electron chi connectivity index (χ2n) is 8.03. The number of pyridine rings is 1. The van der Waals surface area contributed by atoms with Crippen molar-refractivity contribution in [3.63, 3.8) is 0 Å². The average Bonchev–Trinajstić information content (AvgIpc) is 3.47. The van der Waals surface area contributed by atoms with Crippen molar-refractivity contribution in [3.05, 3.63) is 66.4 Å². The van der Waals surface area contributed by atoms with E-state index >= 15 is 0 Å². The first kappa shape index (κ1) is 23.5. The van der Waals surface area contributed by atoms with Crippen molar-refractivity contribution in [1.82, 2.24) is 24.8 Å². The fraction of sp³-hybridized carbons (Fsp3) is 0.120. The zero-order valence-electron chi connectivity index (χ0n) is 19.9. The second kappa shape index (κ2) is 9.77. The highest BCUT2D eigenvalue weighted by atomic mass is 16.6. The highest BCUT2D eigenvalue weighted by Gasteiger charge is 2.19. The number of rotatable bonds is 7. The normalized spacial score (nSPS) is 10.9. The number of aryl methyl sites for hydroxylation is 1. The largest absolute Gasteiger partial charge is 0.439 e. The fourth-order valence-electron chi connectivity index (χ4n) is 3.78. The molecule has 0 saturated heterocycles. The van der Waals surface area contributed by atoms with Crippen molar-refractivity contribution in [3.8, 4) is 23.1 Å². The van der Waals surface area contributed by atoms with E-state index < -0.39 is 0 Å². The Bertz CT molecular complexity index is 1610. The third kappa shape index (κ3) is 4.93. The molecule has 0 aliphatic rings. The monoisotopic (exact) mass is 498 g/mol. The Morgan fingerprint density at radius 2 is 1.81 bits per heavy atom. The lowest BCUT2D eigenvalue weighted by Gasteiger charge is -2.09. The third-order valence-electron chi connectivity index (χ3n) is 5.43. The fourth-order valence-corrected chi connectivity index (χ4v) is 3.78. The van der Waals surface area contributed by atoms with Crippen LogP contribution in [-0.4, -0.2) is 36.7 Å². The van der Waals surface area contributed by atoms with E-state index in [9.17, 15) is 9.59 Å². The topological polar surface area (TPSA) is 163 Å². The highest BCUT2D eigenvalue weighted by Crippen LogP contribution is 2.29. The number of imidazole rings is 1. The van der Waals surface area contributed by atoms with Crippen LogP contribution in [0.25, 0.3) is 22.6 Å². The molecule has 0 saturated carbocycles. The average molecular weight is 499 g/mol. The van der Waals surface area contributed by atoms with Crippen molar-refractivity contribution in [2.24, 2.45) is 0 Å². The summed E-state index contributed by atoms with van der Waals surface area (Å²) in [6, 6.07) is 15.3. The maximum atomic E-state index is 12.8. The highest BCUT2D eigenvalue weighted by molar-refractivity contribution is 6.04. The summed E-state index contributed by atoms with van der Waals surface area (Å²) in [4.78, 5) is 32.9. The summed E-state index contributed by atoms with van der Waals surface area (Å²) in [5.41, 5.74) is 9.23. The minimum absolute atomic E-state index is 0.146. The zero-order valence-corrected chi connectivity index (χ0v) is 19.9. The van der Waals surface area contributed by atoms with Gasteiger partial charge in [-0.15, -0.1) is 0 Å². The SMILES string of the molecule is CCn1c(-c2nonc2N)nc2cnc(Oc3cccc(C(=O)Nc4ccc(NC(C)=O)cc4)c3)cc21. The Morgan fingerprint density at radius 1 is 1.05 bits per heavy atom. The summed E-state index contributed by atoms with van der Waals surface area (Å²) in [5, 5.41) is 13.0. The number of carbonyl (C=O) groups excluding carboxylic acids is 2. The van der Waals surface area contributed by atoms with Gasteiger partial charge >= 0.3 is 0 Å². The quantitative estimate of drug-likeness (QED) is 0.300. The van der Waals surface area contributed by atoms with E-state index in [1.165, 1.54) is 6.92 Å². The van der Waals surface area contributed by atoms with E-state index in [-0.39, 0.29) is 17.6 Å². The number of hydrogen-bond acceptors (Lipinski definition) is 9. The van der Waals surface area contributed by atoms with E-state index in [1.54, 1.807) is 60.8 Å². The van der Waals surface area contributed by atoms with E-state index in [0.717, 1.165) is 5.52 Å². The van der Waals surface area contributed by atoms with Gasteiger partial charge in [0, 0.05) is 36.5 Å². The lowest BCUT2D eigenvalue weighted by atomic mass is 10.2. The molecular formula is C25H22N8O4. The number of anilines is 3. The molecule has 12 heteroatoms. The van der Waals surface area contributed by atoms with Crippen molar-refractivity contribution < 1.29 is 19.0 Å². The summed E-state index contributed by atoms with van der Waals surface area (Å²) < 4.78 is 12.6. The maximum absolute atomic E-state index is 12.8. The van der Waals surface area contributed by atoms with Gasteiger partial charge in [-0.05, 0) is 59.7 Å². The van der Waals surface area contributed by atoms with Crippen LogP contribution in [0, 0.1) is 0 Å². The van der Waals surface area contributed by atoms with Crippen molar-refractivity contribution >= 4 is 40.0 Å². The van der Waals surface area contributed by atoms with Gasteiger partial charge in [0.05, 0.1) is 11.7 Å². The number of nitrogens with two attached hydrogens (primary N) is 1. The third-order valence-corrected chi connectivity index (χ3v) is 5.43. The summed E-state index contributed by atoms with van der Waals surface area (Å²) in [7, 11) is 0. The van der Waals surface area contributed by atoms with Crippen molar-refractivity contribution in [2.45, 2.75) is 20.4 Å². The van der Waals surface area contributed by atoms with Gasteiger partial charge < -0.3 is 25.7 Å². The van der Waals surface area contributed by atoms with Gasteiger partial charge in [0.1, 0.15) is 11.3 Å². The predicted octanol–water partition coefficient (Wildman–Crippen LogP) is 4.09. The minimum Gasteiger partial charge on any atom is -0.439 e. The van der Waals surface area contributed by atoms with Gasteiger partial charge in [-0.2, -0.15) is 0 Å². The molecule has 2 aromatic carbocycles. The first-order valence-corrected chi connectivity index (χ1v) is 11.3. The minimum atomic E-state index is -0.311. The Labute approximate surface area is 210 Å². The molecule has 5 aromatic rings. The van der Waals surface area contributed by atoms with Crippen LogP contribution in [0.4, 0.5) is 17.2 Å². The molecule has 0 fully saturated rings. The maximum Gasteiger partial charge on any atom is 0.255 e. The number of aromatic nitrogens is 5. The van der Waals surface area contributed by atoms with Gasteiger partial charge in [0.2, 0.25) is 11.8 Å². The molecule has 12 nitrogen and oxygen atoms in total. The van der Waals surface area contributed by atoms with Crippen LogP contribution in [-0.2, 0) is 11.3 Å². The number of benzene rings is 2. The summed E-state index contributed by atoms with van der Waals surface area (Å²) in [6.07, 6.45) is 1.59. The van der Waals surface area contributed by atoms with Crippen LogP contribution in [0.5, 0.6) is 11.6 Å². The van der Waals surface area contributed by atoms with Crippen LogP contribution in [0.15, 0.2) is 65.4 Å². The van der Waals surface area contributed by atoms with Crippen LogP contribution in [0.1, 0.15) is 24.2 Å². The van der Waals surface area contributed by atoms with Crippen LogP contribution in [0.2, 0.25) is 0 Å². The molecule has 0 unspecified atom stereocenters. The number of hydrogen-bond donors (Lipinski definition) is 3. The number of amides is 2. The molecule has 0 radical (unpaired) electrons. The molecule has 186 valence electrons. The molecule has 0 aliphatic heterocycles. The number of nitrogens with one attached hydrogen (secondary N) is 2. The molecule has 3 heterocycles. The van der Waals surface area contributed by atoms with Crippen LogP contribution in [0.3, 0.4) is 0 Å². The van der Waals surface area contributed by atoms with Gasteiger partial charge in [-0.25, -0.2) is 14.6 Å². The van der Waals surface area contributed by atoms with Crippen LogP contribution < -0.4 is 21.1 Å². The number of carbonyl (C=O) groups is 2. The van der Waals surface area contributed by atoms with E-state index in [2.05, 4.69) is 30.9 Å². The Balaban J connectivity index is 1.35. The van der Waals surface area contributed by atoms with E-state index in [0.29, 0.717) is 52.1 Å². The molecule has 3 aromatic heterocycles. The second-order valence-corrected chi connectivity index (χ2v) is 8.03. The number of nitrogen functional groups attached to an aromatic ring is 1. The summed E-state index contributed by atoms with van der Waals surface area (Å²) >= 11 is 0. The number of fused-ring (bicyclic) bond motifs is 1. The van der Waals surface area contributed by atoms with E-state index in [1.807, 2.05) is 11.5 Å². The first-order valence-electron chi connectivity index (χ1n) is 11.3. The molecule has 0 bridgehead atoms. The molecule has 5 rings (SSSR count). The van der Waals surface area contributed by atoms with E-state index in [4.69, 9.17) is 15.1 Å². The Morgan fingerprint density at radius 3 is 2.49 bits per heavy atom. The lowest BCUT2D eigenvalue weighted by molar-refractivity contribution is -0.114. The first-order chi connectivity index (χ1) is 17.9. The predicted molar refractivity (Wildman–Crippen MR) is 136 cm³/mol. The lowest BCUT2D eigenvalue weighted by Crippen LogP contribution is -2.12. The van der Waals surface area contributed by atoms with Gasteiger partial charge in [-0.3, -0.25) is 9.59 Å². The van der Waals surface area contributed by atoms with Crippen molar-refractivity contribution in [2.75, 3.05) is 16.4 Å². The molecule has 37 heavy (non-hydrogen) atoms. The molecule has 0 aliphatic carbocycles. The Hall–Kier alpha value is -5.26. The molecule has 4 N–H and O–H groups in total. The van der Waals surface area contributed by atoms with Gasteiger partial charge in [0.15, 0.2) is 17.3 Å². The number of nitrogens with zero attached hydrogens (tertiary/aromatic N) is 5. The summed E-state index contributed by atoms with van der Waals surface area (Å²) in [5.74, 6) is 0.943. The van der Waals surface area contributed by atoms with Gasteiger partial charge in [0.25, 0.3) is 5.91 Å². The molecule has 0 atom stereocenters.